The van der Waals surface area contributed by atoms with Crippen molar-refractivity contribution >= 4 is 11.0 Å². The summed E-state index contributed by atoms with van der Waals surface area (Å²) in [5.74, 6) is 1.86. The van der Waals surface area contributed by atoms with Crippen molar-refractivity contribution in [2.45, 2.75) is 45.6 Å². The lowest BCUT2D eigenvalue weighted by Crippen LogP contribution is -2.30. The topological polar surface area (TPSA) is 29.9 Å². The van der Waals surface area contributed by atoms with Gasteiger partial charge in [-0.3, -0.25) is 0 Å². The Hall–Kier alpha value is -1.35. The first-order chi connectivity index (χ1) is 9.29. The highest BCUT2D eigenvalue weighted by Gasteiger charge is 2.21. The maximum Gasteiger partial charge on any atom is 0.114 e. The Kier molecular flexibility index (Phi) is 3.56. The van der Waals surface area contributed by atoms with E-state index in [-0.39, 0.29) is 0 Å². The van der Waals surface area contributed by atoms with Crippen molar-refractivity contribution in [3.63, 3.8) is 0 Å². The van der Waals surface area contributed by atoms with E-state index in [2.05, 4.69) is 41.9 Å². The van der Waals surface area contributed by atoms with Gasteiger partial charge in [0.1, 0.15) is 5.82 Å². The summed E-state index contributed by atoms with van der Waals surface area (Å²) in [6, 6.07) is 6.63. The van der Waals surface area contributed by atoms with Gasteiger partial charge >= 0.3 is 0 Å². The van der Waals surface area contributed by atoms with E-state index in [4.69, 9.17) is 4.98 Å². The van der Waals surface area contributed by atoms with Crippen LogP contribution in [0.5, 0.6) is 0 Å². The third kappa shape index (κ3) is 2.39. The molecule has 1 aliphatic heterocycles. The number of aromatic nitrogens is 2. The Morgan fingerprint density at radius 1 is 1.42 bits per heavy atom. The molecule has 1 atom stereocenters. The summed E-state index contributed by atoms with van der Waals surface area (Å²) in [4.78, 5) is 4.94. The largest absolute Gasteiger partial charge is 0.328 e. The summed E-state index contributed by atoms with van der Waals surface area (Å²) in [6.07, 6.45) is 3.69. The molecule has 1 N–H and O–H groups in total. The summed E-state index contributed by atoms with van der Waals surface area (Å²) < 4.78 is 2.44. The molecular weight excluding hydrogens is 234 g/mol. The average molecular weight is 257 g/mol. The van der Waals surface area contributed by atoms with E-state index in [0.717, 1.165) is 31.6 Å². The van der Waals surface area contributed by atoms with Crippen LogP contribution >= 0.6 is 0 Å². The van der Waals surface area contributed by atoms with Crippen LogP contribution in [0.4, 0.5) is 0 Å². The van der Waals surface area contributed by atoms with E-state index in [1.54, 1.807) is 0 Å². The Bertz CT molecular complexity index is 565. The monoisotopic (exact) mass is 257 g/mol. The molecule has 3 rings (SSSR count). The zero-order chi connectivity index (χ0) is 13.2. The van der Waals surface area contributed by atoms with Crippen LogP contribution in [0.2, 0.25) is 0 Å². The molecule has 1 aromatic carbocycles. The third-order valence-corrected chi connectivity index (χ3v) is 4.04. The van der Waals surface area contributed by atoms with Crippen molar-refractivity contribution in [2.24, 2.45) is 0 Å². The molecule has 1 aromatic heterocycles. The second kappa shape index (κ2) is 5.33. The van der Waals surface area contributed by atoms with Crippen LogP contribution in [0.15, 0.2) is 18.2 Å². The predicted octanol–water partition coefficient (Wildman–Crippen LogP) is 3.22. The van der Waals surface area contributed by atoms with Gasteiger partial charge in [-0.2, -0.15) is 0 Å². The third-order valence-electron chi connectivity index (χ3n) is 4.04. The lowest BCUT2D eigenvalue weighted by molar-refractivity contribution is 0.433. The van der Waals surface area contributed by atoms with Crippen LogP contribution < -0.4 is 5.32 Å². The summed E-state index contributed by atoms with van der Waals surface area (Å²) in [5.41, 5.74) is 3.75. The van der Waals surface area contributed by atoms with E-state index < -0.39 is 0 Å². The molecule has 102 valence electrons. The molecule has 1 saturated heterocycles. The number of fused-ring (bicyclic) bond motifs is 1. The average Bonchev–Trinajstić information content (AvgIpc) is 2.78. The van der Waals surface area contributed by atoms with E-state index in [1.807, 2.05) is 0 Å². The van der Waals surface area contributed by atoms with Crippen LogP contribution in [-0.4, -0.2) is 22.6 Å². The smallest absolute Gasteiger partial charge is 0.114 e. The fourth-order valence-corrected chi connectivity index (χ4v) is 3.10. The normalized spacial score (nSPS) is 20.0. The van der Waals surface area contributed by atoms with E-state index >= 15 is 0 Å². The summed E-state index contributed by atoms with van der Waals surface area (Å²) >= 11 is 0. The highest BCUT2D eigenvalue weighted by molar-refractivity contribution is 5.77. The molecule has 19 heavy (non-hydrogen) atoms. The van der Waals surface area contributed by atoms with Crippen LogP contribution in [0.25, 0.3) is 11.0 Å². The molecular formula is C16H23N3. The Balaban J connectivity index is 2.08. The summed E-state index contributed by atoms with van der Waals surface area (Å²) in [7, 11) is 0. The van der Waals surface area contributed by atoms with Crippen LogP contribution in [0.3, 0.4) is 0 Å². The lowest BCUT2D eigenvalue weighted by atomic mass is 9.99. The molecule has 0 bridgehead atoms. The highest BCUT2D eigenvalue weighted by Crippen LogP contribution is 2.27. The number of rotatable bonds is 3. The zero-order valence-corrected chi connectivity index (χ0v) is 11.9. The summed E-state index contributed by atoms with van der Waals surface area (Å²) in [5, 5.41) is 3.51. The minimum atomic E-state index is 0.577. The van der Waals surface area contributed by atoms with E-state index in [0.29, 0.717) is 5.92 Å². The molecule has 2 heterocycles. The van der Waals surface area contributed by atoms with Gasteiger partial charge in [0.05, 0.1) is 11.0 Å². The second-order valence-corrected chi connectivity index (χ2v) is 5.66. The Morgan fingerprint density at radius 3 is 3.05 bits per heavy atom. The van der Waals surface area contributed by atoms with Gasteiger partial charge in [-0.15, -0.1) is 0 Å². The molecule has 1 aliphatic rings. The summed E-state index contributed by atoms with van der Waals surface area (Å²) in [6.45, 7) is 7.68. The number of hydrogen-bond donors (Lipinski definition) is 1. The van der Waals surface area contributed by atoms with Crippen molar-refractivity contribution in [3.8, 4) is 0 Å². The Labute approximate surface area is 115 Å². The van der Waals surface area contributed by atoms with Crippen molar-refractivity contribution in [1.82, 2.24) is 14.9 Å². The van der Waals surface area contributed by atoms with Gasteiger partial charge in [-0.05, 0) is 50.4 Å². The van der Waals surface area contributed by atoms with Gasteiger partial charge < -0.3 is 9.88 Å². The number of aryl methyl sites for hydroxylation is 2. The quantitative estimate of drug-likeness (QED) is 0.915. The standard InChI is InChI=1S/C16H23N3/c1-3-9-19-15-7-6-12(2)10-14(15)18-16(19)13-5-4-8-17-11-13/h6-7,10,13,17H,3-5,8-9,11H2,1-2H3. The fraction of sp³-hybridized carbons (Fsp3) is 0.562. The SMILES string of the molecule is CCCn1c(C2CCCNC2)nc2cc(C)ccc21. The molecule has 0 radical (unpaired) electrons. The maximum atomic E-state index is 4.94. The molecule has 0 amide bonds. The zero-order valence-electron chi connectivity index (χ0n) is 11.9. The van der Waals surface area contributed by atoms with Gasteiger partial charge in [0.25, 0.3) is 0 Å². The number of benzene rings is 1. The first kappa shape index (κ1) is 12.7. The van der Waals surface area contributed by atoms with E-state index in [1.165, 1.54) is 29.7 Å². The molecule has 2 aromatic rings. The molecule has 3 nitrogen and oxygen atoms in total. The number of nitrogens with one attached hydrogen (secondary N) is 1. The molecule has 3 heteroatoms. The molecule has 0 saturated carbocycles. The first-order valence-electron chi connectivity index (χ1n) is 7.47. The van der Waals surface area contributed by atoms with Crippen molar-refractivity contribution < 1.29 is 0 Å². The molecule has 1 unspecified atom stereocenters. The van der Waals surface area contributed by atoms with Crippen LogP contribution in [0, 0.1) is 6.92 Å². The number of imidazole rings is 1. The number of nitrogens with zero attached hydrogens (tertiary/aromatic N) is 2. The van der Waals surface area contributed by atoms with Crippen LogP contribution in [0.1, 0.15) is 43.5 Å². The predicted molar refractivity (Wildman–Crippen MR) is 79.6 cm³/mol. The van der Waals surface area contributed by atoms with Crippen molar-refractivity contribution in [2.75, 3.05) is 13.1 Å². The minimum absolute atomic E-state index is 0.577. The molecule has 0 aliphatic carbocycles. The van der Waals surface area contributed by atoms with Gasteiger partial charge in [0.15, 0.2) is 0 Å². The Morgan fingerprint density at radius 2 is 2.32 bits per heavy atom. The van der Waals surface area contributed by atoms with Crippen molar-refractivity contribution in [1.29, 1.82) is 0 Å². The molecule has 1 fully saturated rings. The number of hydrogen-bond acceptors (Lipinski definition) is 2. The first-order valence-corrected chi connectivity index (χ1v) is 7.47. The van der Waals surface area contributed by atoms with Gasteiger partial charge in [0.2, 0.25) is 0 Å². The lowest BCUT2D eigenvalue weighted by Gasteiger charge is -2.23. The maximum absolute atomic E-state index is 4.94. The van der Waals surface area contributed by atoms with Crippen molar-refractivity contribution in [3.05, 3.63) is 29.6 Å². The van der Waals surface area contributed by atoms with Gasteiger partial charge in [0, 0.05) is 19.0 Å². The van der Waals surface area contributed by atoms with Gasteiger partial charge in [-0.25, -0.2) is 4.98 Å². The van der Waals surface area contributed by atoms with Crippen LogP contribution in [-0.2, 0) is 6.54 Å². The highest BCUT2D eigenvalue weighted by atomic mass is 15.1. The molecule has 0 spiro atoms. The second-order valence-electron chi connectivity index (χ2n) is 5.66. The minimum Gasteiger partial charge on any atom is -0.328 e. The fourth-order valence-electron chi connectivity index (χ4n) is 3.10. The number of piperidine rings is 1. The van der Waals surface area contributed by atoms with Gasteiger partial charge in [-0.1, -0.05) is 13.0 Å². The van der Waals surface area contributed by atoms with E-state index in [9.17, 15) is 0 Å².